The van der Waals surface area contributed by atoms with Crippen molar-refractivity contribution in [2.24, 2.45) is 5.92 Å². The number of hydrogen-bond acceptors (Lipinski definition) is 6. The lowest BCUT2D eigenvalue weighted by Gasteiger charge is -2.16. The van der Waals surface area contributed by atoms with Gasteiger partial charge in [-0.05, 0) is 43.4 Å². The van der Waals surface area contributed by atoms with E-state index >= 15 is 0 Å². The first kappa shape index (κ1) is 15.8. The highest BCUT2D eigenvalue weighted by atomic mass is 32.1. The second kappa shape index (κ2) is 7.03. The van der Waals surface area contributed by atoms with E-state index in [4.69, 9.17) is 9.47 Å². The Hall–Kier alpha value is -1.73. The number of benzene rings is 1. The minimum absolute atomic E-state index is 0.190. The topological polar surface area (TPSA) is 56.3 Å². The van der Waals surface area contributed by atoms with Crippen LogP contribution >= 0.6 is 11.7 Å². The second-order valence-corrected chi connectivity index (χ2v) is 6.92. The summed E-state index contributed by atoms with van der Waals surface area (Å²) in [6.07, 6.45) is 4.24. The Morgan fingerprint density at radius 3 is 2.71 bits per heavy atom. The van der Waals surface area contributed by atoms with Crippen LogP contribution in [0.1, 0.15) is 24.8 Å². The Labute approximate surface area is 144 Å². The van der Waals surface area contributed by atoms with Gasteiger partial charge >= 0.3 is 0 Å². The van der Waals surface area contributed by atoms with E-state index in [0.29, 0.717) is 30.3 Å². The minimum atomic E-state index is -0.208. The molecule has 2 bridgehead atoms. The number of nitrogens with one attached hydrogen (secondary N) is 1. The molecule has 2 heterocycles. The summed E-state index contributed by atoms with van der Waals surface area (Å²) in [6, 6.07) is 7.00. The number of ether oxygens (including phenoxy) is 2. The quantitative estimate of drug-likeness (QED) is 0.779. The Bertz CT molecular complexity index is 659. The second-order valence-electron chi connectivity index (χ2n) is 6.39. The molecule has 1 aromatic carbocycles. The average molecular weight is 349 g/mol. The number of piperidine rings is 1. The fourth-order valence-corrected chi connectivity index (χ4v) is 3.97. The molecule has 1 saturated carbocycles. The summed E-state index contributed by atoms with van der Waals surface area (Å²) in [6.45, 7) is 1.57. The van der Waals surface area contributed by atoms with Gasteiger partial charge in [-0.3, -0.25) is 0 Å². The maximum atomic E-state index is 12.9. The first-order valence-electron chi connectivity index (χ1n) is 8.39. The fourth-order valence-electron chi connectivity index (χ4n) is 3.53. The van der Waals surface area contributed by atoms with Crippen LogP contribution in [0.4, 0.5) is 4.39 Å². The third-order valence-electron chi connectivity index (χ3n) is 4.79. The largest absolute Gasteiger partial charge is 0.473 e. The monoisotopic (exact) mass is 349 g/mol. The molecule has 128 valence electrons. The maximum Gasteiger partial charge on any atom is 0.291 e. The highest BCUT2D eigenvalue weighted by Gasteiger charge is 2.44. The van der Waals surface area contributed by atoms with Crippen molar-refractivity contribution in [2.45, 2.75) is 37.8 Å². The number of fused-ring (bicyclic) bond motifs is 2. The summed E-state index contributed by atoms with van der Waals surface area (Å²) in [5.41, 5.74) is 1.10. The van der Waals surface area contributed by atoms with E-state index in [2.05, 4.69) is 14.1 Å². The highest BCUT2D eigenvalue weighted by molar-refractivity contribution is 6.99. The Morgan fingerprint density at radius 2 is 2.00 bits per heavy atom. The first-order chi connectivity index (χ1) is 11.8. The van der Waals surface area contributed by atoms with Crippen LogP contribution in [0.15, 0.2) is 24.3 Å². The van der Waals surface area contributed by atoms with Crippen LogP contribution in [0.5, 0.6) is 11.8 Å². The Balaban J connectivity index is 1.27. The molecule has 1 N–H and O–H groups in total. The zero-order valence-electron chi connectivity index (χ0n) is 13.3. The molecule has 7 heteroatoms. The average Bonchev–Trinajstić information content (AvgIpc) is 3.31. The van der Waals surface area contributed by atoms with E-state index in [0.717, 1.165) is 36.7 Å². The summed E-state index contributed by atoms with van der Waals surface area (Å²) in [5.74, 6) is 1.38. The standard InChI is InChI=1S/C17H20FN3O2S/c18-13-6-3-11(4-7-13)2-1-9-22-16-17(21-24-20-16)23-15-12-5-8-14(15)19-10-12/h3-4,6-7,12,14-15,19H,1-2,5,8-10H2. The number of halogens is 1. The van der Waals surface area contributed by atoms with E-state index in [1.165, 1.54) is 25.0 Å². The maximum absolute atomic E-state index is 12.9. The number of rotatable bonds is 7. The van der Waals surface area contributed by atoms with Crippen molar-refractivity contribution in [1.29, 1.82) is 0 Å². The van der Waals surface area contributed by atoms with Crippen LogP contribution in [-0.2, 0) is 6.42 Å². The molecule has 2 fully saturated rings. The number of nitrogens with zero attached hydrogens (tertiary/aromatic N) is 2. The van der Waals surface area contributed by atoms with Gasteiger partial charge in [-0.2, -0.15) is 0 Å². The van der Waals surface area contributed by atoms with Crippen molar-refractivity contribution in [1.82, 2.24) is 14.1 Å². The fraction of sp³-hybridized carbons (Fsp3) is 0.529. The van der Waals surface area contributed by atoms with E-state index in [1.807, 2.05) is 0 Å². The van der Waals surface area contributed by atoms with Crippen molar-refractivity contribution < 1.29 is 13.9 Å². The molecule has 1 aliphatic carbocycles. The molecule has 2 aromatic rings. The van der Waals surface area contributed by atoms with Crippen molar-refractivity contribution in [3.8, 4) is 11.8 Å². The molecular weight excluding hydrogens is 329 g/mol. The molecule has 5 nitrogen and oxygen atoms in total. The van der Waals surface area contributed by atoms with E-state index in [-0.39, 0.29) is 11.9 Å². The molecule has 3 atom stereocenters. The smallest absolute Gasteiger partial charge is 0.291 e. The molecule has 1 saturated heterocycles. The number of hydrogen-bond donors (Lipinski definition) is 1. The van der Waals surface area contributed by atoms with Crippen LogP contribution in [0.3, 0.4) is 0 Å². The minimum Gasteiger partial charge on any atom is -0.473 e. The van der Waals surface area contributed by atoms with E-state index < -0.39 is 0 Å². The van der Waals surface area contributed by atoms with E-state index in [1.54, 1.807) is 12.1 Å². The lowest BCUT2D eigenvalue weighted by Crippen LogP contribution is -2.31. The first-order valence-corrected chi connectivity index (χ1v) is 9.12. The predicted octanol–water partition coefficient (Wildman–Crippen LogP) is 2.82. The molecule has 1 aliphatic heterocycles. The van der Waals surface area contributed by atoms with Crippen molar-refractivity contribution in [3.05, 3.63) is 35.6 Å². The molecule has 0 spiro atoms. The third kappa shape index (κ3) is 3.37. The number of aryl methyl sites for hydroxylation is 1. The summed E-state index contributed by atoms with van der Waals surface area (Å²) >= 11 is 1.12. The van der Waals surface area contributed by atoms with E-state index in [9.17, 15) is 4.39 Å². The van der Waals surface area contributed by atoms with Crippen LogP contribution in [0, 0.1) is 11.7 Å². The lowest BCUT2D eigenvalue weighted by molar-refractivity contribution is 0.159. The third-order valence-corrected chi connectivity index (χ3v) is 5.29. The summed E-state index contributed by atoms with van der Waals surface area (Å²) in [5, 5.41) is 3.48. The van der Waals surface area contributed by atoms with Crippen LogP contribution < -0.4 is 14.8 Å². The van der Waals surface area contributed by atoms with Crippen LogP contribution in [0.25, 0.3) is 0 Å². The molecule has 4 rings (SSSR count). The van der Waals surface area contributed by atoms with Crippen molar-refractivity contribution >= 4 is 11.7 Å². The van der Waals surface area contributed by atoms with Crippen LogP contribution in [0.2, 0.25) is 0 Å². The van der Waals surface area contributed by atoms with Gasteiger partial charge in [-0.1, -0.05) is 12.1 Å². The van der Waals surface area contributed by atoms with Gasteiger partial charge < -0.3 is 14.8 Å². The number of aromatic nitrogens is 2. The molecule has 0 amide bonds. The van der Waals surface area contributed by atoms with Gasteiger partial charge in [-0.25, -0.2) is 4.39 Å². The van der Waals surface area contributed by atoms with Crippen LogP contribution in [-0.4, -0.2) is 34.0 Å². The predicted molar refractivity (Wildman–Crippen MR) is 89.1 cm³/mol. The van der Waals surface area contributed by atoms with Gasteiger partial charge in [0.15, 0.2) is 0 Å². The molecule has 1 aromatic heterocycles. The Morgan fingerprint density at radius 1 is 1.17 bits per heavy atom. The Kier molecular flexibility index (Phi) is 4.62. The lowest BCUT2D eigenvalue weighted by atomic mass is 10.1. The molecule has 3 unspecified atom stereocenters. The highest BCUT2D eigenvalue weighted by Crippen LogP contribution is 2.36. The summed E-state index contributed by atoms with van der Waals surface area (Å²) < 4.78 is 33.1. The summed E-state index contributed by atoms with van der Waals surface area (Å²) in [4.78, 5) is 0. The zero-order valence-corrected chi connectivity index (χ0v) is 14.1. The van der Waals surface area contributed by atoms with Gasteiger partial charge in [0.1, 0.15) is 11.9 Å². The van der Waals surface area contributed by atoms with Gasteiger partial charge in [-0.15, -0.1) is 8.75 Å². The normalized spacial score (nSPS) is 25.1. The molecule has 2 aliphatic rings. The zero-order chi connectivity index (χ0) is 16.4. The molecular formula is C17H20FN3O2S. The van der Waals surface area contributed by atoms with Gasteiger partial charge in [0.25, 0.3) is 11.8 Å². The van der Waals surface area contributed by atoms with Gasteiger partial charge in [0.2, 0.25) is 0 Å². The van der Waals surface area contributed by atoms with Gasteiger partial charge in [0, 0.05) is 18.5 Å². The SMILES string of the molecule is Fc1ccc(CCCOc2nsnc2OC2C3CCC2NC3)cc1. The van der Waals surface area contributed by atoms with Crippen molar-refractivity contribution in [2.75, 3.05) is 13.2 Å². The molecule has 0 radical (unpaired) electrons. The van der Waals surface area contributed by atoms with Gasteiger partial charge in [0.05, 0.1) is 18.3 Å². The summed E-state index contributed by atoms with van der Waals surface area (Å²) in [7, 11) is 0. The van der Waals surface area contributed by atoms with Crippen molar-refractivity contribution in [3.63, 3.8) is 0 Å². The molecule has 24 heavy (non-hydrogen) atoms.